The number of nitrogens with zero attached hydrogens (tertiary/aromatic N) is 3. The Balaban J connectivity index is 1.01. The van der Waals surface area contributed by atoms with Gasteiger partial charge in [0.05, 0.1) is 11.0 Å². The highest BCUT2D eigenvalue weighted by Gasteiger charge is 2.47. The summed E-state index contributed by atoms with van der Waals surface area (Å²) < 4.78 is 13.8. The minimum atomic E-state index is -0.556. The van der Waals surface area contributed by atoms with Crippen molar-refractivity contribution in [1.29, 1.82) is 0 Å². The van der Waals surface area contributed by atoms with Gasteiger partial charge < -0.3 is 9.47 Å². The van der Waals surface area contributed by atoms with Crippen LogP contribution in [0, 0.1) is 0 Å². The van der Waals surface area contributed by atoms with Gasteiger partial charge in [0.2, 0.25) is 0 Å². The third-order valence-corrected chi connectivity index (χ3v) is 12.7. The summed E-state index contributed by atoms with van der Waals surface area (Å²) >= 11 is 0. The summed E-state index contributed by atoms with van der Waals surface area (Å²) in [5.74, 6) is 4.14. The van der Waals surface area contributed by atoms with E-state index in [2.05, 4.69) is 153 Å². The molecule has 2 aliphatic carbocycles. The second-order valence-corrected chi connectivity index (χ2v) is 16.3. The molecule has 1 aromatic heterocycles. The summed E-state index contributed by atoms with van der Waals surface area (Å²) in [5.41, 5.74) is 14.0. The van der Waals surface area contributed by atoms with E-state index in [4.69, 9.17) is 24.4 Å². The zero-order valence-corrected chi connectivity index (χ0v) is 33.1. The fourth-order valence-electron chi connectivity index (χ4n) is 9.90. The minimum absolute atomic E-state index is 0.167. The molecule has 0 saturated carbocycles. The van der Waals surface area contributed by atoms with Crippen molar-refractivity contribution < 1.29 is 9.47 Å². The van der Waals surface area contributed by atoms with Crippen molar-refractivity contribution >= 4 is 0 Å². The monoisotopic (exact) mass is 771 g/mol. The van der Waals surface area contributed by atoms with E-state index in [1.807, 2.05) is 48.5 Å². The van der Waals surface area contributed by atoms with Crippen LogP contribution >= 0.6 is 0 Å². The third-order valence-electron chi connectivity index (χ3n) is 12.7. The molecule has 3 aliphatic rings. The van der Waals surface area contributed by atoms with Gasteiger partial charge in [-0.3, -0.25) is 0 Å². The Morgan fingerprint density at radius 1 is 0.350 bits per heavy atom. The van der Waals surface area contributed by atoms with Gasteiger partial charge in [-0.15, -0.1) is 0 Å². The second-order valence-electron chi connectivity index (χ2n) is 16.3. The Bertz CT molecular complexity index is 3140. The van der Waals surface area contributed by atoms with Crippen LogP contribution in [0.5, 0.6) is 23.0 Å². The van der Waals surface area contributed by atoms with Crippen LogP contribution < -0.4 is 9.47 Å². The van der Waals surface area contributed by atoms with Gasteiger partial charge in [0, 0.05) is 16.5 Å². The molecule has 2 heterocycles. The Kier molecular flexibility index (Phi) is 7.42. The van der Waals surface area contributed by atoms with Crippen molar-refractivity contribution in [2.45, 2.75) is 24.7 Å². The topological polar surface area (TPSA) is 57.1 Å². The van der Waals surface area contributed by atoms with Crippen molar-refractivity contribution in [3.8, 4) is 79.4 Å². The Labute approximate surface area is 348 Å². The zero-order valence-electron chi connectivity index (χ0n) is 33.1. The van der Waals surface area contributed by atoms with E-state index < -0.39 is 5.41 Å². The molecule has 0 fully saturated rings. The quantitative estimate of drug-likeness (QED) is 0.174. The van der Waals surface area contributed by atoms with E-state index in [0.29, 0.717) is 40.5 Å². The molecule has 0 saturated heterocycles. The third kappa shape index (κ3) is 4.96. The van der Waals surface area contributed by atoms with Crippen molar-refractivity contribution in [3.63, 3.8) is 0 Å². The van der Waals surface area contributed by atoms with Crippen LogP contribution in [0.25, 0.3) is 56.4 Å². The predicted octanol–water partition coefficient (Wildman–Crippen LogP) is 13.4. The van der Waals surface area contributed by atoms with Crippen molar-refractivity contribution in [2.24, 2.45) is 0 Å². The largest absolute Gasteiger partial charge is 0.449 e. The summed E-state index contributed by atoms with van der Waals surface area (Å²) in [6.45, 7) is 4.58. The van der Waals surface area contributed by atoms with Crippen molar-refractivity contribution in [2.75, 3.05) is 0 Å². The molecule has 5 nitrogen and oxygen atoms in total. The molecule has 60 heavy (non-hydrogen) atoms. The summed E-state index contributed by atoms with van der Waals surface area (Å²) in [6, 6.07) is 65.9. The summed E-state index contributed by atoms with van der Waals surface area (Å²) in [4.78, 5) is 15.4. The lowest BCUT2D eigenvalue weighted by atomic mass is 9.67. The first kappa shape index (κ1) is 34.4. The van der Waals surface area contributed by atoms with E-state index in [1.165, 1.54) is 44.5 Å². The second kappa shape index (κ2) is 12.9. The van der Waals surface area contributed by atoms with Gasteiger partial charge in [0.15, 0.2) is 40.5 Å². The fraction of sp³-hybridized carbons (Fsp3) is 0.0727. The van der Waals surface area contributed by atoms with Crippen molar-refractivity contribution in [3.05, 3.63) is 221 Å². The number of para-hydroxylation sites is 1. The van der Waals surface area contributed by atoms with Crippen LogP contribution in [-0.2, 0) is 10.8 Å². The molecule has 0 atom stereocenters. The zero-order chi connectivity index (χ0) is 40.0. The summed E-state index contributed by atoms with van der Waals surface area (Å²) in [5, 5.41) is 0. The van der Waals surface area contributed by atoms with Gasteiger partial charge in [-0.25, -0.2) is 15.0 Å². The van der Waals surface area contributed by atoms with E-state index in [0.717, 1.165) is 27.8 Å². The molecule has 8 aromatic carbocycles. The van der Waals surface area contributed by atoms with E-state index in [-0.39, 0.29) is 5.41 Å². The molecular formula is C55H37N3O2. The lowest BCUT2D eigenvalue weighted by Gasteiger charge is -2.34. The first-order valence-corrected chi connectivity index (χ1v) is 20.4. The van der Waals surface area contributed by atoms with Crippen LogP contribution in [0.3, 0.4) is 0 Å². The average molecular weight is 772 g/mol. The first-order valence-electron chi connectivity index (χ1n) is 20.4. The highest BCUT2D eigenvalue weighted by Crippen LogP contribution is 2.60. The maximum absolute atomic E-state index is 6.97. The highest BCUT2D eigenvalue weighted by atomic mass is 16.6. The van der Waals surface area contributed by atoms with Crippen LogP contribution in [0.4, 0.5) is 0 Å². The average Bonchev–Trinajstić information content (AvgIpc) is 3.72. The lowest BCUT2D eigenvalue weighted by molar-refractivity contribution is 0.360. The van der Waals surface area contributed by atoms with E-state index in [1.54, 1.807) is 0 Å². The SMILES string of the molecule is CC1(C)c2ccccc2-c2ccc(-c3nc(-c4ccccc4)nc(-c4cccc5c4Oc4cc6c(cc4O5)C(c4ccccc4)(c4ccccc4)c4ccccc4-6)n3)cc21. The molecule has 0 radical (unpaired) electrons. The van der Waals surface area contributed by atoms with E-state index >= 15 is 0 Å². The summed E-state index contributed by atoms with van der Waals surface area (Å²) in [6.07, 6.45) is 0. The van der Waals surface area contributed by atoms with Gasteiger partial charge in [-0.1, -0.05) is 172 Å². The van der Waals surface area contributed by atoms with Gasteiger partial charge in [0.1, 0.15) is 0 Å². The standard InChI is InChI=1S/C55H37N3O2/c1-54(2)43-26-14-12-23-38(43)40-30-29-35(31-45(40)54)52-56-51(34-17-6-3-7-18-34)57-53(58-52)41-25-16-28-47-50(41)60-48-32-42-39-24-13-15-27-44(39)55(36-19-8-4-9-20-36,37-21-10-5-11-22-37)46(42)33-49(48)59-47/h3-33H,1-2H3. The molecule has 0 bridgehead atoms. The maximum atomic E-state index is 6.97. The minimum Gasteiger partial charge on any atom is -0.449 e. The molecule has 0 unspecified atom stereocenters. The Hall–Kier alpha value is -7.63. The molecule has 9 aromatic rings. The highest BCUT2D eigenvalue weighted by molar-refractivity contribution is 5.89. The van der Waals surface area contributed by atoms with Crippen LogP contribution in [0.1, 0.15) is 47.2 Å². The Morgan fingerprint density at radius 3 is 1.62 bits per heavy atom. The predicted molar refractivity (Wildman–Crippen MR) is 238 cm³/mol. The van der Waals surface area contributed by atoms with Gasteiger partial charge in [-0.05, 0) is 86.0 Å². The number of hydrogen-bond donors (Lipinski definition) is 0. The first-order chi connectivity index (χ1) is 29.5. The van der Waals surface area contributed by atoms with Crippen LogP contribution in [0.15, 0.2) is 188 Å². The molecule has 0 N–H and O–H groups in total. The van der Waals surface area contributed by atoms with Gasteiger partial charge in [-0.2, -0.15) is 0 Å². The molecule has 284 valence electrons. The number of hydrogen-bond acceptors (Lipinski definition) is 5. The van der Waals surface area contributed by atoms with Gasteiger partial charge in [0.25, 0.3) is 0 Å². The van der Waals surface area contributed by atoms with E-state index in [9.17, 15) is 0 Å². The summed E-state index contributed by atoms with van der Waals surface area (Å²) in [7, 11) is 0. The number of benzene rings is 8. The number of rotatable bonds is 5. The molecular weight excluding hydrogens is 735 g/mol. The molecule has 1 aliphatic heterocycles. The lowest BCUT2D eigenvalue weighted by Crippen LogP contribution is -2.28. The normalized spacial score (nSPS) is 14.4. The molecule has 0 amide bonds. The Morgan fingerprint density at radius 2 is 0.900 bits per heavy atom. The molecule has 12 rings (SSSR count). The smallest absolute Gasteiger partial charge is 0.181 e. The number of aromatic nitrogens is 3. The van der Waals surface area contributed by atoms with Crippen LogP contribution in [0.2, 0.25) is 0 Å². The van der Waals surface area contributed by atoms with Gasteiger partial charge >= 0.3 is 0 Å². The van der Waals surface area contributed by atoms with Crippen molar-refractivity contribution in [1.82, 2.24) is 15.0 Å². The number of ether oxygens (including phenoxy) is 2. The fourth-order valence-corrected chi connectivity index (χ4v) is 9.90. The molecule has 5 heteroatoms. The number of fused-ring (bicyclic) bond motifs is 8. The molecule has 0 spiro atoms. The van der Waals surface area contributed by atoms with Crippen LogP contribution in [-0.4, -0.2) is 15.0 Å². The maximum Gasteiger partial charge on any atom is 0.181 e.